The van der Waals surface area contributed by atoms with E-state index in [-0.39, 0.29) is 10.6 Å². The van der Waals surface area contributed by atoms with Crippen molar-refractivity contribution in [3.63, 3.8) is 0 Å². The van der Waals surface area contributed by atoms with Crippen molar-refractivity contribution in [1.29, 1.82) is 0 Å². The van der Waals surface area contributed by atoms with E-state index in [9.17, 15) is 9.90 Å². The fourth-order valence-corrected chi connectivity index (χ4v) is 2.72. The topological polar surface area (TPSA) is 75.3 Å². The summed E-state index contributed by atoms with van der Waals surface area (Å²) in [5.41, 5.74) is 8.22. The van der Waals surface area contributed by atoms with Gasteiger partial charge in [-0.2, -0.15) is 0 Å². The van der Waals surface area contributed by atoms with Crippen LogP contribution in [-0.4, -0.2) is 11.1 Å². The van der Waals surface area contributed by atoms with Gasteiger partial charge in [0.15, 0.2) is 0 Å². The Morgan fingerprint density at radius 2 is 2.10 bits per heavy atom. The Morgan fingerprint density at radius 3 is 2.71 bits per heavy atom. The second-order valence-electron chi connectivity index (χ2n) is 4.51. The molecule has 2 aromatic carbocycles. The fourth-order valence-electron chi connectivity index (χ4n) is 2.03. The van der Waals surface area contributed by atoms with Crippen molar-refractivity contribution >= 4 is 50.6 Å². The molecule has 4 N–H and O–H groups in total. The third-order valence-corrected chi connectivity index (χ3v) is 3.84. The molecule has 0 atom stereocenters. The minimum Gasteiger partial charge on any atom is -0.478 e. The van der Waals surface area contributed by atoms with Crippen LogP contribution in [-0.2, 0) is 6.42 Å². The van der Waals surface area contributed by atoms with E-state index in [1.54, 1.807) is 0 Å². The molecule has 110 valence electrons. The summed E-state index contributed by atoms with van der Waals surface area (Å²) in [7, 11) is 0. The molecule has 0 radical (unpaired) electrons. The third-order valence-electron chi connectivity index (χ3n) is 3.05. The molecule has 0 spiro atoms. The highest BCUT2D eigenvalue weighted by atomic mass is 79.9. The number of benzene rings is 2. The lowest BCUT2D eigenvalue weighted by Crippen LogP contribution is -2.06. The molecule has 0 bridgehead atoms. The Kier molecular flexibility index (Phi) is 4.75. The number of anilines is 3. The van der Waals surface area contributed by atoms with Crippen LogP contribution in [0.25, 0.3) is 0 Å². The van der Waals surface area contributed by atoms with E-state index >= 15 is 0 Å². The summed E-state index contributed by atoms with van der Waals surface area (Å²) in [6.07, 6.45) is 0.802. The van der Waals surface area contributed by atoms with Gasteiger partial charge in [0.05, 0.1) is 16.3 Å². The van der Waals surface area contributed by atoms with Crippen LogP contribution in [0.1, 0.15) is 22.8 Å². The molecule has 2 aromatic rings. The van der Waals surface area contributed by atoms with Crippen LogP contribution in [0, 0.1) is 0 Å². The van der Waals surface area contributed by atoms with Crippen molar-refractivity contribution in [2.24, 2.45) is 0 Å². The van der Waals surface area contributed by atoms with Crippen LogP contribution in [0.3, 0.4) is 0 Å². The van der Waals surface area contributed by atoms with Crippen molar-refractivity contribution in [1.82, 2.24) is 0 Å². The second-order valence-corrected chi connectivity index (χ2v) is 5.83. The summed E-state index contributed by atoms with van der Waals surface area (Å²) in [4.78, 5) is 11.4. The molecule has 0 amide bonds. The highest BCUT2D eigenvalue weighted by molar-refractivity contribution is 9.10. The Hall–Kier alpha value is -1.72. The molecule has 0 aromatic heterocycles. The lowest BCUT2D eigenvalue weighted by Gasteiger charge is -2.15. The van der Waals surface area contributed by atoms with Crippen LogP contribution in [0.5, 0.6) is 0 Å². The van der Waals surface area contributed by atoms with E-state index in [2.05, 4.69) is 21.2 Å². The summed E-state index contributed by atoms with van der Waals surface area (Å²) in [5, 5.41) is 12.7. The largest absolute Gasteiger partial charge is 0.478 e. The summed E-state index contributed by atoms with van der Waals surface area (Å²) in [6.45, 7) is 2.02. The van der Waals surface area contributed by atoms with E-state index in [4.69, 9.17) is 17.3 Å². The molecule has 0 saturated heterocycles. The molecule has 0 aliphatic carbocycles. The molecule has 0 aliphatic heterocycles. The van der Waals surface area contributed by atoms with Crippen LogP contribution in [0.15, 0.2) is 34.8 Å². The number of nitrogen functional groups attached to an aromatic ring is 1. The summed E-state index contributed by atoms with van der Waals surface area (Å²) in [5.74, 6) is -1.08. The highest BCUT2D eigenvalue weighted by Crippen LogP contribution is 2.33. The number of carbonyl (C=O) groups is 1. The Bertz CT molecular complexity index is 704. The molecule has 0 unspecified atom stereocenters. The molecule has 0 fully saturated rings. The van der Waals surface area contributed by atoms with Gasteiger partial charge in [-0.1, -0.05) is 34.5 Å². The van der Waals surface area contributed by atoms with Gasteiger partial charge in [0, 0.05) is 15.8 Å². The minimum atomic E-state index is -1.08. The Balaban J connectivity index is 2.51. The van der Waals surface area contributed by atoms with Crippen LogP contribution >= 0.6 is 27.5 Å². The zero-order valence-electron chi connectivity index (χ0n) is 11.3. The zero-order chi connectivity index (χ0) is 15.6. The first-order chi connectivity index (χ1) is 9.92. The maximum absolute atomic E-state index is 11.4. The zero-order valence-corrected chi connectivity index (χ0v) is 13.6. The van der Waals surface area contributed by atoms with Gasteiger partial charge >= 0.3 is 5.97 Å². The molecular formula is C15H14BrClN2O2. The number of halogens is 2. The van der Waals surface area contributed by atoms with Crippen LogP contribution in [0.4, 0.5) is 17.1 Å². The first kappa shape index (κ1) is 15.7. The molecule has 6 heteroatoms. The van der Waals surface area contributed by atoms with Gasteiger partial charge in [0.2, 0.25) is 0 Å². The third kappa shape index (κ3) is 3.49. The van der Waals surface area contributed by atoms with Crippen molar-refractivity contribution in [2.75, 3.05) is 11.1 Å². The van der Waals surface area contributed by atoms with Crippen molar-refractivity contribution in [3.05, 3.63) is 51.0 Å². The second kappa shape index (κ2) is 6.37. The summed E-state index contributed by atoms with van der Waals surface area (Å²) >= 11 is 9.56. The number of aryl methyl sites for hydroxylation is 1. The Morgan fingerprint density at radius 1 is 1.38 bits per heavy atom. The van der Waals surface area contributed by atoms with Crippen molar-refractivity contribution in [2.45, 2.75) is 13.3 Å². The number of nitrogens with one attached hydrogen (secondary N) is 1. The highest BCUT2D eigenvalue weighted by Gasteiger charge is 2.16. The summed E-state index contributed by atoms with van der Waals surface area (Å²) < 4.78 is 0.965. The predicted octanol–water partition coefficient (Wildman–Crippen LogP) is 4.69. The molecule has 0 heterocycles. The van der Waals surface area contributed by atoms with E-state index in [1.165, 1.54) is 12.1 Å². The molecule has 0 aliphatic rings. The average Bonchev–Trinajstić information content (AvgIpc) is 2.42. The lowest BCUT2D eigenvalue weighted by atomic mass is 10.1. The van der Waals surface area contributed by atoms with Gasteiger partial charge in [0.25, 0.3) is 0 Å². The van der Waals surface area contributed by atoms with Gasteiger partial charge < -0.3 is 16.2 Å². The standard InChI is InChI=1S/C15H14BrClN2O2/c1-2-8-5-9(16)3-4-13(8)19-14-11(15(20)21)6-10(18)7-12(14)17/h3-7,19H,2,18H2,1H3,(H,20,21). The predicted molar refractivity (Wildman–Crippen MR) is 89.6 cm³/mol. The van der Waals surface area contributed by atoms with Gasteiger partial charge in [-0.15, -0.1) is 0 Å². The number of hydrogen-bond donors (Lipinski definition) is 3. The number of carboxylic acid groups (broad SMARTS) is 1. The van der Waals surface area contributed by atoms with Gasteiger partial charge in [-0.05, 0) is 42.3 Å². The van der Waals surface area contributed by atoms with E-state index < -0.39 is 5.97 Å². The average molecular weight is 370 g/mol. The van der Waals surface area contributed by atoms with Gasteiger partial charge in [0.1, 0.15) is 0 Å². The molecule has 21 heavy (non-hydrogen) atoms. The van der Waals surface area contributed by atoms with Gasteiger partial charge in [-0.3, -0.25) is 0 Å². The van der Waals surface area contributed by atoms with E-state index in [0.717, 1.165) is 22.1 Å². The summed E-state index contributed by atoms with van der Waals surface area (Å²) in [6, 6.07) is 8.66. The first-order valence-corrected chi connectivity index (χ1v) is 7.47. The monoisotopic (exact) mass is 368 g/mol. The number of aromatic carboxylic acids is 1. The van der Waals surface area contributed by atoms with Crippen molar-refractivity contribution < 1.29 is 9.90 Å². The van der Waals surface area contributed by atoms with Gasteiger partial charge in [-0.25, -0.2) is 4.79 Å². The molecule has 2 rings (SSSR count). The fraction of sp³-hybridized carbons (Fsp3) is 0.133. The van der Waals surface area contributed by atoms with Crippen molar-refractivity contribution in [3.8, 4) is 0 Å². The minimum absolute atomic E-state index is 0.0463. The Labute approximate surface area is 136 Å². The van der Waals surface area contributed by atoms with Crippen LogP contribution in [0.2, 0.25) is 5.02 Å². The first-order valence-electron chi connectivity index (χ1n) is 6.30. The SMILES string of the molecule is CCc1cc(Br)ccc1Nc1c(Cl)cc(N)cc1C(=O)O. The van der Waals surface area contributed by atoms with E-state index in [1.807, 2.05) is 25.1 Å². The van der Waals surface area contributed by atoms with Crippen LogP contribution < -0.4 is 11.1 Å². The maximum Gasteiger partial charge on any atom is 0.337 e. The molecule has 0 saturated carbocycles. The normalized spacial score (nSPS) is 10.4. The quantitative estimate of drug-likeness (QED) is 0.683. The number of nitrogens with two attached hydrogens (primary N) is 1. The number of rotatable bonds is 4. The maximum atomic E-state index is 11.4. The van der Waals surface area contributed by atoms with E-state index in [0.29, 0.717) is 11.4 Å². The number of hydrogen-bond acceptors (Lipinski definition) is 3. The molecular weight excluding hydrogens is 356 g/mol. The number of carboxylic acids is 1. The molecule has 4 nitrogen and oxygen atoms in total. The lowest BCUT2D eigenvalue weighted by molar-refractivity contribution is 0.0698. The smallest absolute Gasteiger partial charge is 0.337 e.